The second kappa shape index (κ2) is 9.24. The number of halogens is 1. The van der Waals surface area contributed by atoms with E-state index in [4.69, 9.17) is 0 Å². The van der Waals surface area contributed by atoms with Gasteiger partial charge in [0.25, 0.3) is 11.5 Å². The molecule has 0 aliphatic carbocycles. The van der Waals surface area contributed by atoms with E-state index in [0.717, 1.165) is 45.7 Å². The van der Waals surface area contributed by atoms with Gasteiger partial charge in [-0.25, -0.2) is 4.68 Å². The number of aromatic nitrogens is 2. The summed E-state index contributed by atoms with van der Waals surface area (Å²) in [6, 6.07) is 7.74. The fourth-order valence-electron chi connectivity index (χ4n) is 4.28. The molecule has 2 aromatic rings. The first-order chi connectivity index (χ1) is 13.5. The number of benzene rings is 1. The molecular weight excluding hydrogens is 390 g/mol. The maximum Gasteiger partial charge on any atom is 0.275 e. The lowest BCUT2D eigenvalue weighted by molar-refractivity contribution is 0.0767. The molecule has 8 heteroatoms. The van der Waals surface area contributed by atoms with E-state index in [-0.39, 0.29) is 29.8 Å². The number of nitrogens with one attached hydrogen (secondary N) is 1. The molecule has 3 heterocycles. The molecule has 0 radical (unpaired) electrons. The van der Waals surface area contributed by atoms with Crippen molar-refractivity contribution in [2.45, 2.75) is 32.9 Å². The topological polar surface area (TPSA) is 70.5 Å². The Balaban J connectivity index is 0.00000240. The van der Waals surface area contributed by atoms with Gasteiger partial charge in [0.1, 0.15) is 0 Å². The van der Waals surface area contributed by atoms with Crippen molar-refractivity contribution in [2.75, 3.05) is 39.3 Å². The summed E-state index contributed by atoms with van der Waals surface area (Å²) in [6.45, 7) is 10.2. The van der Waals surface area contributed by atoms with E-state index in [9.17, 15) is 9.59 Å². The zero-order chi connectivity index (χ0) is 19.7. The Kier molecular flexibility index (Phi) is 6.93. The lowest BCUT2D eigenvalue weighted by Crippen LogP contribution is -2.49. The van der Waals surface area contributed by atoms with Crippen LogP contribution in [0.2, 0.25) is 0 Å². The number of likely N-dealkylation sites (tertiary alicyclic amines) is 1. The van der Waals surface area contributed by atoms with Gasteiger partial charge in [-0.1, -0.05) is 32.0 Å². The van der Waals surface area contributed by atoms with Gasteiger partial charge in [-0.05, 0) is 18.4 Å². The number of carbonyl (C=O) groups excluding carboxylic acids is 1. The molecule has 2 fully saturated rings. The van der Waals surface area contributed by atoms with E-state index in [1.54, 1.807) is 6.07 Å². The number of amides is 1. The van der Waals surface area contributed by atoms with Gasteiger partial charge in [0.2, 0.25) is 0 Å². The van der Waals surface area contributed by atoms with Crippen LogP contribution in [0.4, 0.5) is 0 Å². The molecule has 0 spiro atoms. The number of carbonyl (C=O) groups is 1. The quantitative estimate of drug-likeness (QED) is 0.815. The molecule has 2 aliphatic rings. The smallest absolute Gasteiger partial charge is 0.275 e. The van der Waals surface area contributed by atoms with Gasteiger partial charge < -0.3 is 10.2 Å². The first kappa shape index (κ1) is 21.7. The maximum atomic E-state index is 13.4. The van der Waals surface area contributed by atoms with E-state index in [1.165, 1.54) is 4.68 Å². The number of hydrogen-bond acceptors (Lipinski definition) is 5. The summed E-state index contributed by atoms with van der Waals surface area (Å²) in [5.74, 6) is 0.213. The second-order valence-electron chi connectivity index (χ2n) is 8.25. The van der Waals surface area contributed by atoms with Crippen LogP contribution in [0.3, 0.4) is 0 Å². The molecule has 1 N–H and O–H groups in total. The van der Waals surface area contributed by atoms with Gasteiger partial charge in [0.05, 0.1) is 5.39 Å². The molecule has 7 nitrogen and oxygen atoms in total. The summed E-state index contributed by atoms with van der Waals surface area (Å²) in [7, 11) is 0. The van der Waals surface area contributed by atoms with Crippen molar-refractivity contribution >= 4 is 29.1 Å². The first-order valence-corrected chi connectivity index (χ1v) is 10.3. The van der Waals surface area contributed by atoms with Crippen molar-refractivity contribution in [1.29, 1.82) is 0 Å². The molecule has 1 amide bonds. The highest BCUT2D eigenvalue weighted by atomic mass is 35.5. The molecule has 29 heavy (non-hydrogen) atoms. The minimum Gasteiger partial charge on any atom is -0.336 e. The van der Waals surface area contributed by atoms with Crippen molar-refractivity contribution in [3.63, 3.8) is 0 Å². The lowest BCUT2D eigenvalue weighted by atomic mass is 10.1. The van der Waals surface area contributed by atoms with Gasteiger partial charge in [-0.15, -0.1) is 12.4 Å². The van der Waals surface area contributed by atoms with Gasteiger partial charge in [0, 0.05) is 57.2 Å². The maximum absolute atomic E-state index is 13.4. The predicted octanol–water partition coefficient (Wildman–Crippen LogP) is 1.59. The first-order valence-electron chi connectivity index (χ1n) is 10.3. The number of rotatable bonds is 4. The monoisotopic (exact) mass is 419 g/mol. The molecular formula is C21H30ClN5O2. The summed E-state index contributed by atoms with van der Waals surface area (Å²) in [4.78, 5) is 30.5. The van der Waals surface area contributed by atoms with Crippen LogP contribution in [0, 0.1) is 5.92 Å². The Morgan fingerprint density at radius 2 is 1.86 bits per heavy atom. The zero-order valence-electron chi connectivity index (χ0n) is 17.1. The number of hydrogen-bond donors (Lipinski definition) is 1. The third-order valence-corrected chi connectivity index (χ3v) is 5.73. The number of fused-ring (bicyclic) bond motifs is 1. The minimum absolute atomic E-state index is 0. The van der Waals surface area contributed by atoms with E-state index in [1.807, 2.05) is 36.9 Å². The molecule has 1 aromatic heterocycles. The Morgan fingerprint density at radius 3 is 2.55 bits per heavy atom. The molecule has 1 aromatic carbocycles. The largest absolute Gasteiger partial charge is 0.336 e. The van der Waals surface area contributed by atoms with Gasteiger partial charge in [-0.2, -0.15) is 5.10 Å². The Hall–Kier alpha value is -1.96. The molecule has 1 unspecified atom stereocenters. The van der Waals surface area contributed by atoms with Gasteiger partial charge >= 0.3 is 0 Å². The minimum atomic E-state index is -0.124. The Bertz CT molecular complexity index is 923. The molecule has 0 bridgehead atoms. The summed E-state index contributed by atoms with van der Waals surface area (Å²) < 4.78 is 1.46. The molecule has 158 valence electrons. The zero-order valence-corrected chi connectivity index (χ0v) is 18.0. The number of nitrogens with zero attached hydrogens (tertiary/aromatic N) is 4. The highest BCUT2D eigenvalue weighted by Crippen LogP contribution is 2.21. The van der Waals surface area contributed by atoms with Crippen LogP contribution in [0.5, 0.6) is 0 Å². The third kappa shape index (κ3) is 4.47. The second-order valence-corrected chi connectivity index (χ2v) is 8.25. The van der Waals surface area contributed by atoms with E-state index >= 15 is 0 Å². The normalized spacial score (nSPS) is 20.2. The Labute approximate surface area is 177 Å². The van der Waals surface area contributed by atoms with Crippen molar-refractivity contribution in [1.82, 2.24) is 24.9 Å². The summed E-state index contributed by atoms with van der Waals surface area (Å²) >= 11 is 0. The summed E-state index contributed by atoms with van der Waals surface area (Å²) in [5, 5.41) is 9.12. The van der Waals surface area contributed by atoms with Gasteiger partial charge in [-0.3, -0.25) is 14.5 Å². The summed E-state index contributed by atoms with van der Waals surface area (Å²) in [6.07, 6.45) is 0.995. The highest BCUT2D eigenvalue weighted by molar-refractivity contribution is 6.04. The van der Waals surface area contributed by atoms with Crippen molar-refractivity contribution in [3.8, 4) is 0 Å². The third-order valence-electron chi connectivity index (χ3n) is 5.73. The van der Waals surface area contributed by atoms with Crippen LogP contribution in [0.25, 0.3) is 10.8 Å². The van der Waals surface area contributed by atoms with Crippen LogP contribution in [-0.2, 0) is 6.54 Å². The molecule has 0 saturated carbocycles. The van der Waals surface area contributed by atoms with Crippen LogP contribution in [0.15, 0.2) is 29.1 Å². The summed E-state index contributed by atoms with van der Waals surface area (Å²) in [5.41, 5.74) is 0.276. The Morgan fingerprint density at radius 1 is 1.17 bits per heavy atom. The van der Waals surface area contributed by atoms with Crippen LogP contribution in [-0.4, -0.2) is 70.8 Å². The van der Waals surface area contributed by atoms with Crippen LogP contribution in [0.1, 0.15) is 30.8 Å². The van der Waals surface area contributed by atoms with E-state index < -0.39 is 0 Å². The van der Waals surface area contributed by atoms with E-state index in [0.29, 0.717) is 29.1 Å². The number of piperazine rings is 1. The SMILES string of the molecule is CC(C)Cn1nc(C(=O)N2CCC(N3CCNCC3)C2)c2ccccc2c1=O.Cl. The average molecular weight is 420 g/mol. The molecule has 2 saturated heterocycles. The van der Waals surface area contributed by atoms with Crippen molar-refractivity contribution < 1.29 is 4.79 Å². The van der Waals surface area contributed by atoms with E-state index in [2.05, 4.69) is 15.3 Å². The lowest BCUT2D eigenvalue weighted by Gasteiger charge is -2.32. The average Bonchev–Trinajstić information content (AvgIpc) is 3.20. The van der Waals surface area contributed by atoms with Crippen LogP contribution < -0.4 is 10.9 Å². The fourth-order valence-corrected chi connectivity index (χ4v) is 4.28. The van der Waals surface area contributed by atoms with Crippen molar-refractivity contribution in [2.24, 2.45) is 5.92 Å². The standard InChI is InChI=1S/C21H29N5O2.ClH/c1-15(2)13-26-20(27)18-6-4-3-5-17(18)19(23-26)21(28)25-10-7-16(14-25)24-11-8-22-9-12-24;/h3-6,15-16,22H,7-14H2,1-2H3;1H. The fraction of sp³-hybridized carbons (Fsp3) is 0.571. The molecule has 2 aliphatic heterocycles. The van der Waals surface area contributed by atoms with Crippen LogP contribution >= 0.6 is 12.4 Å². The van der Waals surface area contributed by atoms with Gasteiger partial charge in [0.15, 0.2) is 5.69 Å². The molecule has 4 rings (SSSR count). The molecule has 1 atom stereocenters. The highest BCUT2D eigenvalue weighted by Gasteiger charge is 2.33. The predicted molar refractivity (Wildman–Crippen MR) is 117 cm³/mol. The van der Waals surface area contributed by atoms with Crippen molar-refractivity contribution in [3.05, 3.63) is 40.3 Å².